The van der Waals surface area contributed by atoms with E-state index in [2.05, 4.69) is 20.7 Å². The number of rotatable bonds is 4. The van der Waals surface area contributed by atoms with Gasteiger partial charge < -0.3 is 10.5 Å². The minimum absolute atomic E-state index is 0.215. The van der Waals surface area contributed by atoms with E-state index in [0.717, 1.165) is 15.6 Å². The maximum atomic E-state index is 12.1. The lowest BCUT2D eigenvalue weighted by Gasteiger charge is -2.13. The van der Waals surface area contributed by atoms with Gasteiger partial charge in [0, 0.05) is 10.5 Å². The van der Waals surface area contributed by atoms with Gasteiger partial charge in [-0.25, -0.2) is 0 Å². The van der Waals surface area contributed by atoms with E-state index in [1.165, 1.54) is 12.1 Å². The summed E-state index contributed by atoms with van der Waals surface area (Å²) in [7, 11) is 0. The zero-order valence-electron chi connectivity index (χ0n) is 10.9. The molecule has 0 amide bonds. The number of halogens is 4. The summed E-state index contributed by atoms with van der Waals surface area (Å²) < 4.78 is 41.0. The molecule has 0 bridgehead atoms. The molecular weight excluding hydrogens is 347 g/mol. The molecule has 112 valence electrons. The Hall–Kier alpha value is -1.53. The lowest BCUT2D eigenvalue weighted by molar-refractivity contribution is -0.274. The first-order valence-electron chi connectivity index (χ1n) is 6.19. The van der Waals surface area contributed by atoms with Crippen LogP contribution in [-0.2, 0) is 6.42 Å². The van der Waals surface area contributed by atoms with Crippen LogP contribution in [0, 0.1) is 0 Å². The molecule has 6 heteroatoms. The molecule has 2 rings (SSSR count). The van der Waals surface area contributed by atoms with Crippen LogP contribution in [0.1, 0.15) is 17.2 Å². The van der Waals surface area contributed by atoms with Gasteiger partial charge in [-0.15, -0.1) is 13.2 Å². The highest BCUT2D eigenvalue weighted by Crippen LogP contribution is 2.24. The van der Waals surface area contributed by atoms with Crippen LogP contribution in [0.15, 0.2) is 53.0 Å². The van der Waals surface area contributed by atoms with Crippen molar-refractivity contribution in [3.8, 4) is 5.75 Å². The fourth-order valence-corrected chi connectivity index (χ4v) is 2.17. The minimum atomic E-state index is -4.67. The molecule has 0 aliphatic rings. The largest absolute Gasteiger partial charge is 0.573 e. The fraction of sp³-hybridized carbons (Fsp3) is 0.200. The number of hydrogen-bond donors (Lipinski definition) is 1. The molecule has 2 aromatic carbocycles. The number of benzene rings is 2. The SMILES string of the molecule is NC(Cc1ccc(OC(F)(F)F)cc1)c1ccc(Br)cc1. The van der Waals surface area contributed by atoms with E-state index in [4.69, 9.17) is 5.73 Å². The van der Waals surface area contributed by atoms with E-state index in [1.807, 2.05) is 24.3 Å². The molecule has 0 heterocycles. The van der Waals surface area contributed by atoms with Crippen LogP contribution in [0.4, 0.5) is 13.2 Å². The van der Waals surface area contributed by atoms with E-state index in [9.17, 15) is 13.2 Å². The third-order valence-electron chi connectivity index (χ3n) is 2.91. The maximum absolute atomic E-state index is 12.1. The predicted molar refractivity (Wildman–Crippen MR) is 77.9 cm³/mol. The van der Waals surface area contributed by atoms with Gasteiger partial charge in [0.25, 0.3) is 0 Å². The molecule has 0 saturated carbocycles. The maximum Gasteiger partial charge on any atom is 0.573 e. The van der Waals surface area contributed by atoms with Gasteiger partial charge in [-0.1, -0.05) is 40.2 Å². The standard InChI is InChI=1S/C15H13BrF3NO/c16-12-5-3-11(4-6-12)14(20)9-10-1-7-13(8-2-10)21-15(17,18)19/h1-8,14H,9,20H2. The van der Waals surface area contributed by atoms with Crippen molar-refractivity contribution in [2.45, 2.75) is 18.8 Å². The highest BCUT2D eigenvalue weighted by molar-refractivity contribution is 9.10. The Labute approximate surface area is 128 Å². The molecule has 0 saturated heterocycles. The Morgan fingerprint density at radius 2 is 1.57 bits per heavy atom. The van der Waals surface area contributed by atoms with Crippen molar-refractivity contribution >= 4 is 15.9 Å². The first kappa shape index (κ1) is 15.9. The van der Waals surface area contributed by atoms with Crippen molar-refractivity contribution in [3.63, 3.8) is 0 Å². The number of alkyl halides is 3. The molecule has 0 aliphatic carbocycles. The second kappa shape index (κ2) is 6.49. The number of hydrogen-bond acceptors (Lipinski definition) is 2. The van der Waals surface area contributed by atoms with Crippen LogP contribution < -0.4 is 10.5 Å². The predicted octanol–water partition coefficient (Wildman–Crippen LogP) is 4.59. The van der Waals surface area contributed by atoms with E-state index in [1.54, 1.807) is 12.1 Å². The highest BCUT2D eigenvalue weighted by atomic mass is 79.9. The van der Waals surface area contributed by atoms with Crippen molar-refractivity contribution in [1.82, 2.24) is 0 Å². The molecule has 0 aromatic heterocycles. The van der Waals surface area contributed by atoms with Crippen molar-refractivity contribution < 1.29 is 17.9 Å². The molecule has 21 heavy (non-hydrogen) atoms. The summed E-state index contributed by atoms with van der Waals surface area (Å²) in [5.41, 5.74) is 7.90. The lowest BCUT2D eigenvalue weighted by atomic mass is 10.00. The Morgan fingerprint density at radius 1 is 1.00 bits per heavy atom. The van der Waals surface area contributed by atoms with Gasteiger partial charge in [0.05, 0.1) is 0 Å². The van der Waals surface area contributed by atoms with E-state index < -0.39 is 6.36 Å². The summed E-state index contributed by atoms with van der Waals surface area (Å²) in [5, 5.41) is 0. The first-order chi connectivity index (χ1) is 9.83. The third-order valence-corrected chi connectivity index (χ3v) is 3.44. The van der Waals surface area contributed by atoms with Crippen LogP contribution in [0.5, 0.6) is 5.75 Å². The zero-order chi connectivity index (χ0) is 15.5. The van der Waals surface area contributed by atoms with Gasteiger partial charge in [-0.2, -0.15) is 0 Å². The van der Waals surface area contributed by atoms with Gasteiger partial charge in [0.1, 0.15) is 5.75 Å². The van der Waals surface area contributed by atoms with Gasteiger partial charge in [-0.3, -0.25) is 0 Å². The highest BCUT2D eigenvalue weighted by Gasteiger charge is 2.30. The molecular formula is C15H13BrF3NO. The zero-order valence-corrected chi connectivity index (χ0v) is 12.5. The Balaban J connectivity index is 2.01. The van der Waals surface area contributed by atoms with Crippen LogP contribution >= 0.6 is 15.9 Å². The van der Waals surface area contributed by atoms with E-state index in [-0.39, 0.29) is 11.8 Å². The average Bonchev–Trinajstić information content (AvgIpc) is 2.40. The molecule has 1 unspecified atom stereocenters. The van der Waals surface area contributed by atoms with Crippen molar-refractivity contribution in [3.05, 3.63) is 64.1 Å². The summed E-state index contributed by atoms with van der Waals surface area (Å²) in [6.45, 7) is 0. The second-order valence-corrected chi connectivity index (χ2v) is 5.47. The van der Waals surface area contributed by atoms with Gasteiger partial charge in [0.15, 0.2) is 0 Å². The molecule has 2 nitrogen and oxygen atoms in total. The first-order valence-corrected chi connectivity index (χ1v) is 6.98. The van der Waals surface area contributed by atoms with Crippen molar-refractivity contribution in [2.24, 2.45) is 5.73 Å². The van der Waals surface area contributed by atoms with Crippen molar-refractivity contribution in [1.29, 1.82) is 0 Å². The van der Waals surface area contributed by atoms with E-state index in [0.29, 0.717) is 6.42 Å². The van der Waals surface area contributed by atoms with Crippen LogP contribution in [-0.4, -0.2) is 6.36 Å². The summed E-state index contributed by atoms with van der Waals surface area (Å²) in [4.78, 5) is 0. The summed E-state index contributed by atoms with van der Waals surface area (Å²) in [6, 6.07) is 13.2. The van der Waals surface area contributed by atoms with Crippen molar-refractivity contribution in [2.75, 3.05) is 0 Å². The molecule has 2 aromatic rings. The van der Waals surface area contributed by atoms with Gasteiger partial charge in [0.2, 0.25) is 0 Å². The molecule has 2 N–H and O–H groups in total. The molecule has 0 spiro atoms. The normalized spacial score (nSPS) is 13.0. The Morgan fingerprint density at radius 3 is 2.10 bits per heavy atom. The van der Waals surface area contributed by atoms with Crippen LogP contribution in [0.2, 0.25) is 0 Å². The monoisotopic (exact) mass is 359 g/mol. The summed E-state index contributed by atoms with van der Waals surface area (Å²) in [5.74, 6) is -0.233. The number of ether oxygens (including phenoxy) is 1. The summed E-state index contributed by atoms with van der Waals surface area (Å²) in [6.07, 6.45) is -4.14. The smallest absolute Gasteiger partial charge is 0.406 e. The lowest BCUT2D eigenvalue weighted by Crippen LogP contribution is -2.17. The Bertz CT molecular complexity index is 581. The Kier molecular flexibility index (Phi) is 4.90. The fourth-order valence-electron chi connectivity index (χ4n) is 1.91. The molecule has 0 aliphatic heterocycles. The average molecular weight is 360 g/mol. The van der Waals surface area contributed by atoms with Gasteiger partial charge in [-0.05, 0) is 41.8 Å². The van der Waals surface area contributed by atoms with Crippen LogP contribution in [0.3, 0.4) is 0 Å². The minimum Gasteiger partial charge on any atom is -0.406 e. The van der Waals surface area contributed by atoms with Crippen LogP contribution in [0.25, 0.3) is 0 Å². The third kappa shape index (κ3) is 5.06. The topological polar surface area (TPSA) is 35.2 Å². The molecule has 0 radical (unpaired) electrons. The van der Waals surface area contributed by atoms with E-state index >= 15 is 0 Å². The molecule has 0 fully saturated rings. The quantitative estimate of drug-likeness (QED) is 0.866. The summed E-state index contributed by atoms with van der Waals surface area (Å²) >= 11 is 3.35. The van der Waals surface area contributed by atoms with Gasteiger partial charge >= 0.3 is 6.36 Å². The second-order valence-electron chi connectivity index (χ2n) is 4.55. The number of nitrogens with two attached hydrogens (primary N) is 1. The molecule has 1 atom stereocenters.